The molecule has 3 nitrogen and oxygen atoms in total. The SMILES string of the molecule is CC.CCCN1CCCC(C(=O)O)C1. The first kappa shape index (κ1) is 13.4. The van der Waals surface area contributed by atoms with Crippen LogP contribution in [0.2, 0.25) is 0 Å². The molecule has 0 aromatic rings. The number of carbonyl (C=O) groups is 1. The van der Waals surface area contributed by atoms with E-state index in [1.165, 1.54) is 0 Å². The summed E-state index contributed by atoms with van der Waals surface area (Å²) in [6.45, 7) is 9.01. The van der Waals surface area contributed by atoms with Crippen molar-refractivity contribution in [2.45, 2.75) is 40.0 Å². The van der Waals surface area contributed by atoms with Gasteiger partial charge in [0.1, 0.15) is 0 Å². The molecule has 0 amide bonds. The van der Waals surface area contributed by atoms with Crippen LogP contribution in [0, 0.1) is 5.92 Å². The van der Waals surface area contributed by atoms with Crippen molar-refractivity contribution >= 4 is 5.97 Å². The summed E-state index contributed by atoms with van der Waals surface area (Å²) >= 11 is 0. The topological polar surface area (TPSA) is 40.5 Å². The maximum Gasteiger partial charge on any atom is 0.307 e. The Hall–Kier alpha value is -0.570. The standard InChI is InChI=1S/C9H17NO2.C2H6/c1-2-5-10-6-3-4-8(7-10)9(11)12;1-2/h8H,2-7H2,1H3,(H,11,12);1-2H3. The van der Waals surface area contributed by atoms with E-state index in [1.54, 1.807) is 0 Å². The fourth-order valence-corrected chi connectivity index (χ4v) is 1.78. The highest BCUT2D eigenvalue weighted by Gasteiger charge is 2.24. The molecular weight excluding hydrogens is 178 g/mol. The zero-order valence-corrected chi connectivity index (χ0v) is 9.62. The third kappa shape index (κ3) is 4.61. The van der Waals surface area contributed by atoms with Crippen LogP contribution in [-0.4, -0.2) is 35.6 Å². The van der Waals surface area contributed by atoms with Crippen molar-refractivity contribution in [3.63, 3.8) is 0 Å². The van der Waals surface area contributed by atoms with Crippen LogP contribution in [0.1, 0.15) is 40.0 Å². The number of hydrogen-bond acceptors (Lipinski definition) is 2. The van der Waals surface area contributed by atoms with Crippen LogP contribution >= 0.6 is 0 Å². The van der Waals surface area contributed by atoms with Crippen molar-refractivity contribution < 1.29 is 9.90 Å². The van der Waals surface area contributed by atoms with Crippen LogP contribution in [0.4, 0.5) is 0 Å². The lowest BCUT2D eigenvalue weighted by atomic mass is 9.98. The highest BCUT2D eigenvalue weighted by molar-refractivity contribution is 5.70. The summed E-state index contributed by atoms with van der Waals surface area (Å²) in [7, 11) is 0. The van der Waals surface area contributed by atoms with Gasteiger partial charge in [-0.15, -0.1) is 0 Å². The van der Waals surface area contributed by atoms with Gasteiger partial charge in [0.25, 0.3) is 0 Å². The van der Waals surface area contributed by atoms with Crippen molar-refractivity contribution in [2.75, 3.05) is 19.6 Å². The summed E-state index contributed by atoms with van der Waals surface area (Å²) in [6, 6.07) is 0. The highest BCUT2D eigenvalue weighted by Crippen LogP contribution is 2.16. The number of rotatable bonds is 3. The maximum atomic E-state index is 10.7. The first-order valence-electron chi connectivity index (χ1n) is 5.69. The van der Waals surface area contributed by atoms with Gasteiger partial charge in [-0.1, -0.05) is 20.8 Å². The molecule has 1 heterocycles. The van der Waals surface area contributed by atoms with Crippen LogP contribution in [0.25, 0.3) is 0 Å². The van der Waals surface area contributed by atoms with E-state index in [9.17, 15) is 4.79 Å². The van der Waals surface area contributed by atoms with Gasteiger partial charge in [-0.05, 0) is 32.4 Å². The minimum absolute atomic E-state index is 0.120. The molecule has 0 aromatic heterocycles. The van der Waals surface area contributed by atoms with Gasteiger partial charge in [-0.3, -0.25) is 4.79 Å². The zero-order chi connectivity index (χ0) is 11.0. The molecule has 0 radical (unpaired) electrons. The van der Waals surface area contributed by atoms with Crippen molar-refractivity contribution in [3.05, 3.63) is 0 Å². The quantitative estimate of drug-likeness (QED) is 0.761. The first-order valence-corrected chi connectivity index (χ1v) is 5.69. The summed E-state index contributed by atoms with van der Waals surface area (Å²) in [4.78, 5) is 12.9. The van der Waals surface area contributed by atoms with Gasteiger partial charge in [-0.2, -0.15) is 0 Å². The lowest BCUT2D eigenvalue weighted by Crippen LogP contribution is -2.38. The summed E-state index contributed by atoms with van der Waals surface area (Å²) in [6.07, 6.45) is 3.01. The lowest BCUT2D eigenvalue weighted by molar-refractivity contribution is -0.143. The van der Waals surface area contributed by atoms with Crippen molar-refractivity contribution in [1.29, 1.82) is 0 Å². The fraction of sp³-hybridized carbons (Fsp3) is 0.909. The van der Waals surface area contributed by atoms with E-state index in [1.807, 2.05) is 13.8 Å². The van der Waals surface area contributed by atoms with Gasteiger partial charge in [0, 0.05) is 6.54 Å². The van der Waals surface area contributed by atoms with Crippen molar-refractivity contribution in [3.8, 4) is 0 Å². The van der Waals surface area contributed by atoms with E-state index in [0.717, 1.165) is 38.9 Å². The van der Waals surface area contributed by atoms with Crippen LogP contribution < -0.4 is 0 Å². The average molecular weight is 201 g/mol. The highest BCUT2D eigenvalue weighted by atomic mass is 16.4. The average Bonchev–Trinajstić information content (AvgIpc) is 2.22. The Kier molecular flexibility index (Phi) is 7.48. The molecule has 3 heteroatoms. The second-order valence-corrected chi connectivity index (χ2v) is 3.48. The smallest absolute Gasteiger partial charge is 0.307 e. The van der Waals surface area contributed by atoms with Gasteiger partial charge in [0.15, 0.2) is 0 Å². The normalized spacial score (nSPS) is 22.4. The molecule has 1 fully saturated rings. The molecule has 0 bridgehead atoms. The predicted molar refractivity (Wildman–Crippen MR) is 58.4 cm³/mol. The molecule has 1 N–H and O–H groups in total. The van der Waals surface area contributed by atoms with Crippen LogP contribution in [0.3, 0.4) is 0 Å². The van der Waals surface area contributed by atoms with Crippen LogP contribution in [-0.2, 0) is 4.79 Å². The monoisotopic (exact) mass is 201 g/mol. The van der Waals surface area contributed by atoms with E-state index >= 15 is 0 Å². The molecule has 84 valence electrons. The number of carboxylic acids is 1. The first-order chi connectivity index (χ1) is 6.74. The minimum Gasteiger partial charge on any atom is -0.481 e. The minimum atomic E-state index is -0.629. The molecule has 1 aliphatic heterocycles. The Morgan fingerprint density at radius 1 is 1.50 bits per heavy atom. The van der Waals surface area contributed by atoms with Gasteiger partial charge < -0.3 is 10.0 Å². The van der Waals surface area contributed by atoms with Gasteiger partial charge in [0.05, 0.1) is 5.92 Å². The van der Waals surface area contributed by atoms with Crippen molar-refractivity contribution in [1.82, 2.24) is 4.90 Å². The Balaban J connectivity index is 0.000000791. The molecule has 0 spiro atoms. The maximum absolute atomic E-state index is 10.7. The molecule has 0 saturated carbocycles. The van der Waals surface area contributed by atoms with E-state index < -0.39 is 5.97 Å². The summed E-state index contributed by atoms with van der Waals surface area (Å²) in [5.74, 6) is -0.749. The number of nitrogens with zero attached hydrogens (tertiary/aromatic N) is 1. The predicted octanol–water partition coefficient (Wildman–Crippen LogP) is 2.22. The van der Waals surface area contributed by atoms with E-state index in [4.69, 9.17) is 5.11 Å². The molecular formula is C11H23NO2. The van der Waals surface area contributed by atoms with Crippen LogP contribution in [0.15, 0.2) is 0 Å². The number of aliphatic carboxylic acids is 1. The number of hydrogen-bond donors (Lipinski definition) is 1. The summed E-state index contributed by atoms with van der Waals surface area (Å²) in [5, 5.41) is 8.80. The fourth-order valence-electron chi connectivity index (χ4n) is 1.78. The largest absolute Gasteiger partial charge is 0.481 e. The Labute approximate surface area is 87.1 Å². The van der Waals surface area contributed by atoms with E-state index in [2.05, 4.69) is 11.8 Å². The molecule has 1 rings (SSSR count). The van der Waals surface area contributed by atoms with E-state index in [-0.39, 0.29) is 5.92 Å². The summed E-state index contributed by atoms with van der Waals surface area (Å²) < 4.78 is 0. The number of carboxylic acid groups (broad SMARTS) is 1. The molecule has 0 aliphatic carbocycles. The molecule has 0 aromatic carbocycles. The molecule has 1 aliphatic rings. The molecule has 1 saturated heterocycles. The number of piperidine rings is 1. The third-order valence-corrected chi connectivity index (χ3v) is 2.39. The van der Waals surface area contributed by atoms with E-state index in [0.29, 0.717) is 0 Å². The molecule has 1 atom stereocenters. The Morgan fingerprint density at radius 2 is 2.14 bits per heavy atom. The third-order valence-electron chi connectivity index (χ3n) is 2.39. The molecule has 1 unspecified atom stereocenters. The van der Waals surface area contributed by atoms with Crippen molar-refractivity contribution in [2.24, 2.45) is 5.92 Å². The van der Waals surface area contributed by atoms with Gasteiger partial charge in [0.2, 0.25) is 0 Å². The second kappa shape index (κ2) is 7.80. The molecule has 14 heavy (non-hydrogen) atoms. The Bertz CT molecular complexity index is 157. The second-order valence-electron chi connectivity index (χ2n) is 3.48. The van der Waals surface area contributed by atoms with Gasteiger partial charge >= 0.3 is 5.97 Å². The number of likely N-dealkylation sites (tertiary alicyclic amines) is 1. The van der Waals surface area contributed by atoms with Crippen LogP contribution in [0.5, 0.6) is 0 Å². The Morgan fingerprint density at radius 3 is 2.64 bits per heavy atom. The summed E-state index contributed by atoms with van der Waals surface area (Å²) in [5.41, 5.74) is 0. The zero-order valence-electron chi connectivity index (χ0n) is 9.62. The lowest BCUT2D eigenvalue weighted by Gasteiger charge is -2.30. The van der Waals surface area contributed by atoms with Gasteiger partial charge in [-0.25, -0.2) is 0 Å².